The Hall–Kier alpha value is -3.19. The zero-order valence-corrected chi connectivity index (χ0v) is 19.7. The quantitative estimate of drug-likeness (QED) is 0.384. The Morgan fingerprint density at radius 1 is 1.15 bits per heavy atom. The highest BCUT2D eigenvalue weighted by atomic mass is 32.1. The van der Waals surface area contributed by atoms with E-state index < -0.39 is 0 Å². The Bertz CT molecular complexity index is 1320. The first-order valence-electron chi connectivity index (χ1n) is 11.5. The van der Waals surface area contributed by atoms with Crippen LogP contribution in [-0.2, 0) is 16.0 Å². The molecule has 0 N–H and O–H groups in total. The molecule has 3 heterocycles. The maximum absolute atomic E-state index is 13.2. The monoisotopic (exact) mass is 461 g/mol. The molecule has 0 unspecified atom stereocenters. The third-order valence-electron chi connectivity index (χ3n) is 6.33. The number of nitrogens with zero attached hydrogens (tertiary/aromatic N) is 3. The lowest BCUT2D eigenvalue weighted by molar-refractivity contribution is -0.149. The van der Waals surface area contributed by atoms with E-state index in [0.29, 0.717) is 25.3 Å². The summed E-state index contributed by atoms with van der Waals surface area (Å²) in [5, 5.41) is 0. The van der Waals surface area contributed by atoms with Gasteiger partial charge in [-0.1, -0.05) is 42.5 Å². The molecule has 0 spiro atoms. The molecule has 1 aliphatic heterocycles. The summed E-state index contributed by atoms with van der Waals surface area (Å²) in [6.07, 6.45) is 4.66. The number of benzene rings is 2. The number of rotatable bonds is 5. The van der Waals surface area contributed by atoms with Crippen LogP contribution in [0.15, 0.2) is 48.7 Å². The highest BCUT2D eigenvalue weighted by Crippen LogP contribution is 2.31. The average molecular weight is 462 g/mol. The van der Waals surface area contributed by atoms with Crippen molar-refractivity contribution in [1.82, 2.24) is 14.3 Å². The molecule has 6 nitrogen and oxygen atoms in total. The van der Waals surface area contributed by atoms with E-state index in [4.69, 9.17) is 9.72 Å². The third-order valence-corrected chi connectivity index (χ3v) is 7.35. The summed E-state index contributed by atoms with van der Waals surface area (Å²) in [6, 6.07) is 14.3. The number of esters is 1. The Kier molecular flexibility index (Phi) is 5.89. The van der Waals surface area contributed by atoms with E-state index in [1.165, 1.54) is 5.56 Å². The van der Waals surface area contributed by atoms with Crippen LogP contribution >= 0.6 is 11.3 Å². The van der Waals surface area contributed by atoms with Crippen molar-refractivity contribution < 1.29 is 14.3 Å². The van der Waals surface area contributed by atoms with Crippen molar-refractivity contribution in [2.24, 2.45) is 5.92 Å². The lowest BCUT2D eigenvalue weighted by Crippen LogP contribution is -2.42. The van der Waals surface area contributed by atoms with Gasteiger partial charge in [0.05, 0.1) is 28.4 Å². The number of piperidine rings is 1. The number of thiazole rings is 1. The Balaban J connectivity index is 1.39. The van der Waals surface area contributed by atoms with E-state index in [1.54, 1.807) is 16.2 Å². The molecule has 2 aromatic carbocycles. The van der Waals surface area contributed by atoms with Crippen LogP contribution in [-0.4, -0.2) is 45.9 Å². The van der Waals surface area contributed by atoms with Gasteiger partial charge in [0.1, 0.15) is 0 Å². The fraction of sp³-hybridized carbons (Fsp3) is 0.346. The molecule has 0 bridgehead atoms. The summed E-state index contributed by atoms with van der Waals surface area (Å²) in [4.78, 5) is 32.8. The smallest absolute Gasteiger partial charge is 0.310 e. The molecule has 1 saturated heterocycles. The van der Waals surface area contributed by atoms with Crippen LogP contribution in [0, 0.1) is 5.92 Å². The standard InChI is InChI=1S/C26H27N3O3S/c1-3-17-7-9-18(10-8-17)21-16-29-22-12-11-19(14-23(22)33-26(29)27-21)24(30)28-13-5-6-20(15-28)25(31)32-4-2/h7-12,14,16,20H,3-6,13,15H2,1-2H3/t20-/m0/s1. The van der Waals surface area contributed by atoms with Gasteiger partial charge in [-0.25, -0.2) is 4.98 Å². The molecule has 170 valence electrons. The molecule has 7 heteroatoms. The Morgan fingerprint density at radius 3 is 2.73 bits per heavy atom. The van der Waals surface area contributed by atoms with Crippen LogP contribution in [0.3, 0.4) is 0 Å². The normalized spacial score (nSPS) is 16.4. The number of aromatic nitrogens is 2. The number of fused-ring (bicyclic) bond motifs is 3. The zero-order chi connectivity index (χ0) is 22.9. The van der Waals surface area contributed by atoms with Crippen LogP contribution in [0.4, 0.5) is 0 Å². The number of hydrogen-bond donors (Lipinski definition) is 0. The largest absolute Gasteiger partial charge is 0.466 e. The molecule has 0 radical (unpaired) electrons. The van der Waals surface area contributed by atoms with Gasteiger partial charge in [0.2, 0.25) is 0 Å². The first-order chi connectivity index (χ1) is 16.1. The first kappa shape index (κ1) is 21.6. The van der Waals surface area contributed by atoms with Crippen molar-refractivity contribution >= 4 is 38.4 Å². The molecular weight excluding hydrogens is 434 g/mol. The Labute approximate surface area is 196 Å². The molecular formula is C26H27N3O3S. The van der Waals surface area contributed by atoms with Gasteiger partial charge in [-0.2, -0.15) is 0 Å². The fourth-order valence-corrected chi connectivity index (χ4v) is 5.53. The topological polar surface area (TPSA) is 63.9 Å². The van der Waals surface area contributed by atoms with Crippen molar-refractivity contribution in [1.29, 1.82) is 0 Å². The van der Waals surface area contributed by atoms with Gasteiger partial charge in [-0.05, 0) is 49.9 Å². The number of aryl methyl sites for hydroxylation is 1. The van der Waals surface area contributed by atoms with Crippen LogP contribution in [0.25, 0.3) is 26.4 Å². The molecule has 33 heavy (non-hydrogen) atoms. The number of hydrogen-bond acceptors (Lipinski definition) is 5. The van der Waals surface area contributed by atoms with Crippen LogP contribution in [0.1, 0.15) is 42.6 Å². The van der Waals surface area contributed by atoms with Gasteiger partial charge in [-0.15, -0.1) is 0 Å². The minimum absolute atomic E-state index is 0.0337. The zero-order valence-electron chi connectivity index (χ0n) is 18.9. The fourth-order valence-electron chi connectivity index (χ4n) is 4.48. The van der Waals surface area contributed by atoms with Gasteiger partial charge in [0, 0.05) is 30.4 Å². The van der Waals surface area contributed by atoms with E-state index in [2.05, 4.69) is 41.8 Å². The number of carbonyl (C=O) groups excluding carboxylic acids is 2. The van der Waals surface area contributed by atoms with Gasteiger partial charge in [0.25, 0.3) is 5.91 Å². The summed E-state index contributed by atoms with van der Waals surface area (Å²) in [5.41, 5.74) is 5.05. The first-order valence-corrected chi connectivity index (χ1v) is 12.4. The van der Waals surface area contributed by atoms with E-state index in [1.807, 2.05) is 25.1 Å². The van der Waals surface area contributed by atoms with Crippen molar-refractivity contribution in [3.63, 3.8) is 0 Å². The number of imidazole rings is 1. The minimum atomic E-state index is -0.235. The van der Waals surface area contributed by atoms with Gasteiger partial charge >= 0.3 is 5.97 Å². The van der Waals surface area contributed by atoms with Gasteiger partial charge < -0.3 is 9.64 Å². The number of ether oxygens (including phenoxy) is 1. The van der Waals surface area contributed by atoms with Gasteiger partial charge in [-0.3, -0.25) is 14.0 Å². The predicted octanol–water partition coefficient (Wildman–Crippen LogP) is 5.19. The average Bonchev–Trinajstić information content (AvgIpc) is 3.41. The third kappa shape index (κ3) is 4.13. The van der Waals surface area contributed by atoms with E-state index in [-0.39, 0.29) is 17.8 Å². The lowest BCUT2D eigenvalue weighted by Gasteiger charge is -2.31. The predicted molar refractivity (Wildman–Crippen MR) is 131 cm³/mol. The Morgan fingerprint density at radius 2 is 1.97 bits per heavy atom. The molecule has 5 rings (SSSR count). The SMILES string of the molecule is CCOC(=O)[C@H]1CCCN(C(=O)c2ccc3c(c2)sc2nc(-c4ccc(CC)cc4)cn23)C1. The number of amides is 1. The molecule has 0 aliphatic carbocycles. The van der Waals surface area contributed by atoms with Crippen molar-refractivity contribution in [2.45, 2.75) is 33.1 Å². The van der Waals surface area contributed by atoms with Crippen molar-refractivity contribution in [3.05, 3.63) is 59.8 Å². The summed E-state index contributed by atoms with van der Waals surface area (Å²) in [7, 11) is 0. The molecule has 1 aliphatic rings. The van der Waals surface area contributed by atoms with Gasteiger partial charge in [0.15, 0.2) is 4.96 Å². The maximum Gasteiger partial charge on any atom is 0.310 e. The van der Waals surface area contributed by atoms with Crippen LogP contribution in [0.5, 0.6) is 0 Å². The highest BCUT2D eigenvalue weighted by Gasteiger charge is 2.30. The van der Waals surface area contributed by atoms with E-state index >= 15 is 0 Å². The van der Waals surface area contributed by atoms with Crippen LogP contribution < -0.4 is 0 Å². The summed E-state index contributed by atoms with van der Waals surface area (Å²) in [6.45, 7) is 5.41. The second-order valence-electron chi connectivity index (χ2n) is 8.46. The molecule has 2 aromatic heterocycles. The molecule has 0 saturated carbocycles. The highest BCUT2D eigenvalue weighted by molar-refractivity contribution is 7.23. The second kappa shape index (κ2) is 8.98. The van der Waals surface area contributed by atoms with Crippen LogP contribution in [0.2, 0.25) is 0 Å². The van der Waals surface area contributed by atoms with E-state index in [9.17, 15) is 9.59 Å². The second-order valence-corrected chi connectivity index (χ2v) is 9.47. The molecule has 4 aromatic rings. The van der Waals surface area contributed by atoms with E-state index in [0.717, 1.165) is 45.7 Å². The lowest BCUT2D eigenvalue weighted by atomic mass is 9.97. The van der Waals surface area contributed by atoms with Crippen molar-refractivity contribution in [2.75, 3.05) is 19.7 Å². The molecule has 1 amide bonds. The summed E-state index contributed by atoms with van der Waals surface area (Å²) >= 11 is 1.58. The number of carbonyl (C=O) groups is 2. The van der Waals surface area contributed by atoms with Crippen molar-refractivity contribution in [3.8, 4) is 11.3 Å². The number of likely N-dealkylation sites (tertiary alicyclic amines) is 1. The summed E-state index contributed by atoms with van der Waals surface area (Å²) in [5.74, 6) is -0.472. The minimum Gasteiger partial charge on any atom is -0.466 e. The molecule has 1 fully saturated rings. The maximum atomic E-state index is 13.2. The molecule has 1 atom stereocenters. The summed E-state index contributed by atoms with van der Waals surface area (Å²) < 4.78 is 8.28.